The Labute approximate surface area is 168 Å². The predicted molar refractivity (Wildman–Crippen MR) is 105 cm³/mol. The van der Waals surface area contributed by atoms with Gasteiger partial charge in [-0.3, -0.25) is 9.69 Å². The SMILES string of the molecule is CC(C)c1noc(CN2CCN(CCC(=O)Nc3ccc(Cl)cc3F)CC2)n1. The number of piperazine rings is 1. The molecule has 1 N–H and O–H groups in total. The molecular weight excluding hydrogens is 385 g/mol. The minimum absolute atomic E-state index is 0.152. The number of carbonyl (C=O) groups is 1. The van der Waals surface area contributed by atoms with Gasteiger partial charge in [-0.25, -0.2) is 4.39 Å². The summed E-state index contributed by atoms with van der Waals surface area (Å²) in [7, 11) is 0. The highest BCUT2D eigenvalue weighted by molar-refractivity contribution is 6.30. The van der Waals surface area contributed by atoms with Gasteiger partial charge in [-0.15, -0.1) is 0 Å². The molecule has 3 rings (SSSR count). The number of aromatic nitrogens is 2. The van der Waals surface area contributed by atoms with Gasteiger partial charge in [0.25, 0.3) is 0 Å². The van der Waals surface area contributed by atoms with Crippen LogP contribution in [0.3, 0.4) is 0 Å². The van der Waals surface area contributed by atoms with Crippen LogP contribution in [0.2, 0.25) is 5.02 Å². The minimum atomic E-state index is -0.531. The first-order valence-corrected chi connectivity index (χ1v) is 9.80. The number of hydrogen-bond donors (Lipinski definition) is 1. The van der Waals surface area contributed by atoms with Crippen LogP contribution in [0.5, 0.6) is 0 Å². The molecule has 0 atom stereocenters. The van der Waals surface area contributed by atoms with Gasteiger partial charge in [0.2, 0.25) is 11.8 Å². The second-order valence-electron chi connectivity index (χ2n) is 7.24. The molecule has 2 aromatic rings. The molecule has 0 spiro atoms. The summed E-state index contributed by atoms with van der Waals surface area (Å²) in [6.45, 7) is 8.79. The zero-order valence-corrected chi connectivity index (χ0v) is 16.9. The van der Waals surface area contributed by atoms with Crippen molar-refractivity contribution < 1.29 is 13.7 Å². The number of nitrogens with zero attached hydrogens (tertiary/aromatic N) is 4. The van der Waals surface area contributed by atoms with E-state index in [1.165, 1.54) is 12.1 Å². The van der Waals surface area contributed by atoms with Gasteiger partial charge in [0.1, 0.15) is 5.82 Å². The van der Waals surface area contributed by atoms with Crippen LogP contribution in [-0.2, 0) is 11.3 Å². The number of rotatable bonds is 7. The fraction of sp³-hybridized carbons (Fsp3) is 0.526. The molecule has 0 bridgehead atoms. The van der Waals surface area contributed by atoms with Crippen LogP contribution in [0.1, 0.15) is 37.9 Å². The van der Waals surface area contributed by atoms with Crippen LogP contribution in [0, 0.1) is 5.82 Å². The Balaban J connectivity index is 1.38. The van der Waals surface area contributed by atoms with E-state index in [4.69, 9.17) is 16.1 Å². The van der Waals surface area contributed by atoms with E-state index in [2.05, 4.69) is 25.3 Å². The van der Waals surface area contributed by atoms with E-state index in [1.807, 2.05) is 13.8 Å². The first-order chi connectivity index (χ1) is 13.4. The molecule has 1 aliphatic heterocycles. The van der Waals surface area contributed by atoms with Gasteiger partial charge in [0.05, 0.1) is 12.2 Å². The summed E-state index contributed by atoms with van der Waals surface area (Å²) >= 11 is 5.72. The summed E-state index contributed by atoms with van der Waals surface area (Å²) in [6, 6.07) is 4.20. The Morgan fingerprint density at radius 2 is 2.00 bits per heavy atom. The lowest BCUT2D eigenvalue weighted by molar-refractivity contribution is -0.116. The Kier molecular flexibility index (Phi) is 6.98. The summed E-state index contributed by atoms with van der Waals surface area (Å²) in [6.07, 6.45) is 0.309. The number of halogens is 2. The van der Waals surface area contributed by atoms with Gasteiger partial charge >= 0.3 is 0 Å². The average Bonchev–Trinajstić information content (AvgIpc) is 3.12. The number of anilines is 1. The zero-order chi connectivity index (χ0) is 20.1. The van der Waals surface area contributed by atoms with Crippen molar-refractivity contribution >= 4 is 23.2 Å². The summed E-state index contributed by atoms with van der Waals surface area (Å²) in [5.41, 5.74) is 0.152. The first-order valence-electron chi connectivity index (χ1n) is 9.43. The van der Waals surface area contributed by atoms with Gasteiger partial charge in [-0.2, -0.15) is 4.98 Å². The molecule has 1 aliphatic rings. The second kappa shape index (κ2) is 9.45. The average molecular weight is 410 g/mol. The Hall–Kier alpha value is -2.03. The standard InChI is InChI=1S/C19H25ClFN5O2/c1-13(2)19-23-18(28-24-19)12-26-9-7-25(8-10-26)6-5-17(27)22-16-4-3-14(20)11-15(16)21/h3-4,11,13H,5-10,12H2,1-2H3,(H,22,27). The van der Waals surface area contributed by atoms with E-state index in [0.717, 1.165) is 32.0 Å². The van der Waals surface area contributed by atoms with E-state index in [9.17, 15) is 9.18 Å². The highest BCUT2D eigenvalue weighted by Gasteiger charge is 2.20. The molecule has 9 heteroatoms. The molecule has 0 saturated carbocycles. The molecule has 1 aromatic carbocycles. The van der Waals surface area contributed by atoms with Crippen LogP contribution in [0.4, 0.5) is 10.1 Å². The predicted octanol–water partition coefficient (Wildman–Crippen LogP) is 3.13. The summed E-state index contributed by atoms with van der Waals surface area (Å²) in [5.74, 6) is 0.881. The molecule has 7 nitrogen and oxygen atoms in total. The summed E-state index contributed by atoms with van der Waals surface area (Å²) in [4.78, 5) is 21.0. The van der Waals surface area contributed by atoms with Gasteiger partial charge in [0, 0.05) is 50.1 Å². The largest absolute Gasteiger partial charge is 0.338 e. The van der Waals surface area contributed by atoms with Crippen molar-refractivity contribution in [3.63, 3.8) is 0 Å². The molecule has 1 saturated heterocycles. The summed E-state index contributed by atoms with van der Waals surface area (Å²) in [5, 5.41) is 6.88. The molecule has 28 heavy (non-hydrogen) atoms. The highest BCUT2D eigenvalue weighted by Crippen LogP contribution is 2.19. The number of hydrogen-bond acceptors (Lipinski definition) is 6. The topological polar surface area (TPSA) is 74.5 Å². The van der Waals surface area contributed by atoms with Crippen molar-refractivity contribution in [2.75, 3.05) is 38.0 Å². The Bertz CT molecular complexity index is 805. The lowest BCUT2D eigenvalue weighted by atomic mass is 10.2. The molecule has 152 valence electrons. The lowest BCUT2D eigenvalue weighted by Gasteiger charge is -2.33. The quantitative estimate of drug-likeness (QED) is 0.757. The molecular formula is C19H25ClFN5O2. The van der Waals surface area contributed by atoms with Gasteiger partial charge in [-0.1, -0.05) is 30.6 Å². The van der Waals surface area contributed by atoms with Crippen molar-refractivity contribution in [2.24, 2.45) is 0 Å². The number of benzene rings is 1. The number of nitrogens with one attached hydrogen (secondary N) is 1. The third kappa shape index (κ3) is 5.73. The minimum Gasteiger partial charge on any atom is -0.338 e. The molecule has 0 radical (unpaired) electrons. The Morgan fingerprint density at radius 1 is 1.29 bits per heavy atom. The van der Waals surface area contributed by atoms with Crippen molar-refractivity contribution in [1.82, 2.24) is 19.9 Å². The van der Waals surface area contributed by atoms with Crippen molar-refractivity contribution in [1.29, 1.82) is 0 Å². The van der Waals surface area contributed by atoms with Gasteiger partial charge in [-0.05, 0) is 18.2 Å². The second-order valence-corrected chi connectivity index (χ2v) is 7.68. The molecule has 1 aromatic heterocycles. The lowest BCUT2D eigenvalue weighted by Crippen LogP contribution is -2.46. The van der Waals surface area contributed by atoms with Crippen LogP contribution < -0.4 is 5.32 Å². The summed E-state index contributed by atoms with van der Waals surface area (Å²) < 4.78 is 19.0. The molecule has 2 heterocycles. The molecule has 1 fully saturated rings. The molecule has 0 aliphatic carbocycles. The maximum Gasteiger partial charge on any atom is 0.240 e. The normalized spacial score (nSPS) is 15.9. The van der Waals surface area contributed by atoms with Crippen molar-refractivity contribution in [3.8, 4) is 0 Å². The van der Waals surface area contributed by atoms with Crippen molar-refractivity contribution in [2.45, 2.75) is 32.7 Å². The monoisotopic (exact) mass is 409 g/mol. The van der Waals surface area contributed by atoms with Crippen LogP contribution in [0.15, 0.2) is 22.7 Å². The smallest absolute Gasteiger partial charge is 0.240 e. The third-order valence-electron chi connectivity index (χ3n) is 4.68. The molecule has 0 unspecified atom stereocenters. The number of amides is 1. The van der Waals surface area contributed by atoms with Crippen LogP contribution >= 0.6 is 11.6 Å². The maximum atomic E-state index is 13.7. The zero-order valence-electron chi connectivity index (χ0n) is 16.1. The fourth-order valence-corrected chi connectivity index (χ4v) is 3.15. The number of carbonyl (C=O) groups excluding carboxylic acids is 1. The maximum absolute atomic E-state index is 13.7. The van der Waals surface area contributed by atoms with E-state index in [1.54, 1.807) is 6.07 Å². The van der Waals surface area contributed by atoms with E-state index in [0.29, 0.717) is 30.4 Å². The van der Waals surface area contributed by atoms with Gasteiger partial charge < -0.3 is 14.7 Å². The third-order valence-corrected chi connectivity index (χ3v) is 4.92. The molecule has 1 amide bonds. The fourth-order valence-electron chi connectivity index (χ4n) is 2.99. The van der Waals surface area contributed by atoms with Crippen molar-refractivity contribution in [3.05, 3.63) is 40.8 Å². The highest BCUT2D eigenvalue weighted by atomic mass is 35.5. The first kappa shape index (κ1) is 20.7. The van der Waals surface area contributed by atoms with Crippen LogP contribution in [0.25, 0.3) is 0 Å². The van der Waals surface area contributed by atoms with Gasteiger partial charge in [0.15, 0.2) is 5.82 Å². The Morgan fingerprint density at radius 3 is 2.64 bits per heavy atom. The van der Waals surface area contributed by atoms with E-state index >= 15 is 0 Å². The van der Waals surface area contributed by atoms with E-state index in [-0.39, 0.29) is 17.5 Å². The van der Waals surface area contributed by atoms with E-state index < -0.39 is 5.82 Å². The van der Waals surface area contributed by atoms with Crippen LogP contribution in [-0.4, -0.2) is 58.6 Å².